The Kier molecular flexibility index (Phi) is 40.7. The van der Waals surface area contributed by atoms with Crippen LogP contribution in [-0.2, 0) is 27.9 Å². The summed E-state index contributed by atoms with van der Waals surface area (Å²) < 4.78 is 34.6. The van der Waals surface area contributed by atoms with E-state index in [2.05, 4.69) is 98.9 Å². The molecule has 9 heteroatoms. The lowest BCUT2D eigenvalue weighted by Gasteiger charge is -2.28. The van der Waals surface area contributed by atoms with Crippen LogP contribution in [0, 0.1) is 0 Å². The van der Waals surface area contributed by atoms with Gasteiger partial charge >= 0.3 is 5.97 Å². The second kappa shape index (κ2) is 42.4. The molecule has 0 radical (unpaired) electrons. The maximum absolute atomic E-state index is 12.7. The minimum Gasteiger partial charge on any atom is -0.756 e. The summed E-state index contributed by atoms with van der Waals surface area (Å²) in [6.45, 7) is 5.19. The number of unbranched alkanes of at least 4 members (excludes halogenated alkanes) is 14. The third kappa shape index (κ3) is 46.6. The molecule has 0 aliphatic carbocycles. The number of nitrogens with zero attached hydrogens (tertiary/aromatic N) is 1. The van der Waals surface area contributed by atoms with Crippen LogP contribution in [0.25, 0.3) is 0 Å². The number of phosphoric acid groups is 1. The van der Waals surface area contributed by atoms with E-state index in [4.69, 9.17) is 18.5 Å². The lowest BCUT2D eigenvalue weighted by atomic mass is 10.1. The summed E-state index contributed by atoms with van der Waals surface area (Å²) in [7, 11) is 1.32. The van der Waals surface area contributed by atoms with Crippen LogP contribution in [0.4, 0.5) is 0 Å². The van der Waals surface area contributed by atoms with Gasteiger partial charge in [0, 0.05) is 13.0 Å². The normalized spacial score (nSPS) is 14.5. The molecule has 0 rings (SSSR count). The minimum absolute atomic E-state index is 0.0144. The van der Waals surface area contributed by atoms with Gasteiger partial charge in [-0.1, -0.05) is 157 Å². The average Bonchev–Trinajstić information content (AvgIpc) is 3.19. The highest BCUT2D eigenvalue weighted by molar-refractivity contribution is 7.45. The molecule has 0 saturated heterocycles. The van der Waals surface area contributed by atoms with Crippen molar-refractivity contribution in [3.63, 3.8) is 0 Å². The lowest BCUT2D eigenvalue weighted by molar-refractivity contribution is -0.870. The van der Waals surface area contributed by atoms with Crippen LogP contribution in [-0.4, -0.2) is 70.7 Å². The number of carbonyl (C=O) groups is 1. The summed E-state index contributed by atoms with van der Waals surface area (Å²) in [5, 5.41) is 0. The van der Waals surface area contributed by atoms with Crippen molar-refractivity contribution in [3.05, 3.63) is 85.1 Å². The van der Waals surface area contributed by atoms with Gasteiger partial charge in [-0.15, -0.1) is 0 Å². The van der Waals surface area contributed by atoms with Gasteiger partial charge in [-0.05, 0) is 89.9 Å². The van der Waals surface area contributed by atoms with Crippen molar-refractivity contribution in [3.8, 4) is 0 Å². The molecule has 0 spiro atoms. The van der Waals surface area contributed by atoms with Gasteiger partial charge in [0.15, 0.2) is 0 Å². The standard InChI is InChI=1S/C50H88NO7P/c1-6-8-10-12-14-16-18-20-22-24-26-27-29-31-33-35-37-39-41-43-50(52)58-49(48-57-59(53,54)56-46-44-51(3,4)5)47-55-45-42-40-38-36-34-32-30-28-25-23-21-19-17-15-13-11-9-7-2/h9,11,14-17,20-23,26-28,30,49H,6-8,10,12-13,18-19,24-25,29,31-48H2,1-5H3/b11-9-,16-14-,17-15-,22-20-,23-21-,27-26-,30-28-. The number of hydrogen-bond acceptors (Lipinski definition) is 7. The SMILES string of the molecule is CC/C=C\C/C=C\C/C=C\C/C=C\CCCCCCCOCC(COP(=O)([O-])OCC[N+](C)(C)C)OC(=O)CCCCCCCC/C=C\C/C=C\C/C=C\CCCCC. The van der Waals surface area contributed by atoms with Crippen molar-refractivity contribution in [2.75, 3.05) is 54.1 Å². The number of likely N-dealkylation sites (N-methyl/N-ethyl adjacent to an activating group) is 1. The van der Waals surface area contributed by atoms with Crippen LogP contribution in [0.2, 0.25) is 0 Å². The molecule has 0 aromatic heterocycles. The summed E-state index contributed by atoms with van der Waals surface area (Å²) in [5.74, 6) is -0.357. The van der Waals surface area contributed by atoms with E-state index >= 15 is 0 Å². The fourth-order valence-electron chi connectivity index (χ4n) is 5.84. The van der Waals surface area contributed by atoms with Gasteiger partial charge in [0.2, 0.25) is 0 Å². The topological polar surface area (TPSA) is 94.1 Å². The molecule has 340 valence electrons. The molecule has 0 saturated carbocycles. The van der Waals surface area contributed by atoms with Crippen LogP contribution in [0.15, 0.2) is 85.1 Å². The van der Waals surface area contributed by atoms with Crippen LogP contribution < -0.4 is 4.89 Å². The monoisotopic (exact) mass is 846 g/mol. The van der Waals surface area contributed by atoms with Gasteiger partial charge in [-0.2, -0.15) is 0 Å². The number of hydrogen-bond donors (Lipinski definition) is 0. The second-order valence-electron chi connectivity index (χ2n) is 16.4. The Labute approximate surface area is 363 Å². The Morgan fingerprint density at radius 2 is 0.983 bits per heavy atom. The second-order valence-corrected chi connectivity index (χ2v) is 17.8. The van der Waals surface area contributed by atoms with Gasteiger partial charge in [0.25, 0.3) is 7.82 Å². The Hall–Kier alpha value is -2.32. The Balaban J connectivity index is 4.29. The largest absolute Gasteiger partial charge is 0.756 e. The van der Waals surface area contributed by atoms with Crippen LogP contribution in [0.5, 0.6) is 0 Å². The van der Waals surface area contributed by atoms with Gasteiger partial charge in [0.1, 0.15) is 19.3 Å². The number of phosphoric ester groups is 1. The highest BCUT2D eigenvalue weighted by atomic mass is 31.2. The fourth-order valence-corrected chi connectivity index (χ4v) is 6.57. The van der Waals surface area contributed by atoms with Gasteiger partial charge in [-0.25, -0.2) is 0 Å². The van der Waals surface area contributed by atoms with Crippen molar-refractivity contribution < 1.29 is 37.3 Å². The van der Waals surface area contributed by atoms with E-state index in [0.29, 0.717) is 17.6 Å². The Morgan fingerprint density at radius 3 is 1.47 bits per heavy atom. The first-order valence-electron chi connectivity index (χ1n) is 23.3. The zero-order chi connectivity index (χ0) is 43.4. The van der Waals surface area contributed by atoms with E-state index in [1.165, 1.54) is 51.4 Å². The third-order valence-electron chi connectivity index (χ3n) is 9.43. The molecule has 0 aliphatic rings. The number of quaternary nitrogens is 1. The van der Waals surface area contributed by atoms with E-state index < -0.39 is 13.9 Å². The van der Waals surface area contributed by atoms with Gasteiger partial charge in [-0.3, -0.25) is 9.36 Å². The molecular weight excluding hydrogens is 758 g/mol. The molecule has 0 heterocycles. The number of esters is 1. The maximum atomic E-state index is 12.7. The van der Waals surface area contributed by atoms with E-state index in [1.807, 2.05) is 21.1 Å². The minimum atomic E-state index is -4.54. The fraction of sp³-hybridized carbons (Fsp3) is 0.700. The van der Waals surface area contributed by atoms with Crippen molar-refractivity contribution in [2.24, 2.45) is 0 Å². The number of allylic oxidation sites excluding steroid dienone is 14. The molecule has 0 aliphatic heterocycles. The van der Waals surface area contributed by atoms with Crippen molar-refractivity contribution in [1.82, 2.24) is 0 Å². The number of carbonyl (C=O) groups excluding carboxylic acids is 1. The summed E-state index contributed by atoms with van der Waals surface area (Å²) in [6.07, 6.45) is 55.9. The summed E-state index contributed by atoms with van der Waals surface area (Å²) >= 11 is 0. The molecule has 59 heavy (non-hydrogen) atoms. The van der Waals surface area contributed by atoms with Crippen molar-refractivity contribution in [1.29, 1.82) is 0 Å². The molecule has 8 nitrogen and oxygen atoms in total. The molecule has 2 atom stereocenters. The molecular formula is C50H88NO7P. The predicted molar refractivity (Wildman–Crippen MR) is 249 cm³/mol. The summed E-state index contributed by atoms with van der Waals surface area (Å²) in [5.41, 5.74) is 0. The van der Waals surface area contributed by atoms with Gasteiger partial charge < -0.3 is 27.9 Å². The molecule has 2 unspecified atom stereocenters. The third-order valence-corrected chi connectivity index (χ3v) is 10.4. The first kappa shape index (κ1) is 56.7. The van der Waals surface area contributed by atoms with Crippen LogP contribution in [0.1, 0.15) is 168 Å². The summed E-state index contributed by atoms with van der Waals surface area (Å²) in [4.78, 5) is 25.1. The lowest BCUT2D eigenvalue weighted by Crippen LogP contribution is -2.37. The first-order valence-corrected chi connectivity index (χ1v) is 24.8. The van der Waals surface area contributed by atoms with E-state index in [-0.39, 0.29) is 32.2 Å². The Bertz CT molecular complexity index is 1210. The maximum Gasteiger partial charge on any atom is 0.306 e. The van der Waals surface area contributed by atoms with Gasteiger partial charge in [0.05, 0.1) is 34.4 Å². The zero-order valence-electron chi connectivity index (χ0n) is 38.4. The Morgan fingerprint density at radius 1 is 0.542 bits per heavy atom. The molecule has 0 fully saturated rings. The highest BCUT2D eigenvalue weighted by Crippen LogP contribution is 2.38. The highest BCUT2D eigenvalue weighted by Gasteiger charge is 2.20. The van der Waals surface area contributed by atoms with Crippen LogP contribution >= 0.6 is 7.82 Å². The molecule has 0 amide bonds. The van der Waals surface area contributed by atoms with E-state index in [1.54, 1.807) is 0 Å². The average molecular weight is 846 g/mol. The van der Waals surface area contributed by atoms with Crippen LogP contribution in [0.3, 0.4) is 0 Å². The molecule has 0 N–H and O–H groups in total. The smallest absolute Gasteiger partial charge is 0.306 e. The number of rotatable bonds is 42. The summed E-state index contributed by atoms with van der Waals surface area (Å²) in [6, 6.07) is 0. The van der Waals surface area contributed by atoms with Crippen molar-refractivity contribution in [2.45, 2.75) is 174 Å². The zero-order valence-corrected chi connectivity index (χ0v) is 39.3. The quantitative estimate of drug-likeness (QED) is 0.0199. The first-order chi connectivity index (χ1) is 28.6. The molecule has 0 aromatic carbocycles. The number of ether oxygens (including phenoxy) is 2. The molecule has 0 aromatic rings. The van der Waals surface area contributed by atoms with E-state index in [9.17, 15) is 14.3 Å². The van der Waals surface area contributed by atoms with E-state index in [0.717, 1.165) is 96.3 Å². The van der Waals surface area contributed by atoms with Crippen molar-refractivity contribution >= 4 is 13.8 Å². The molecule has 0 bridgehead atoms. The predicted octanol–water partition coefficient (Wildman–Crippen LogP) is 13.4.